The molecule has 1 N–H and O–H groups in total. The van der Waals surface area contributed by atoms with Crippen molar-refractivity contribution in [2.45, 2.75) is 20.0 Å². The fourth-order valence-electron chi connectivity index (χ4n) is 0.375. The zero-order valence-corrected chi connectivity index (χ0v) is 8.28. The minimum atomic E-state index is -0.935. The van der Waals surface area contributed by atoms with E-state index in [1.54, 1.807) is 0 Å². The molecule has 1 aliphatic heterocycles. The molecule has 0 amide bonds. The van der Waals surface area contributed by atoms with Gasteiger partial charge in [-0.2, -0.15) is 0 Å². The monoisotopic (exact) mass is 202 g/mol. The SMILES string of the molecule is C=C(C)C(=O)O.CC(=O)OCC1CO1. The van der Waals surface area contributed by atoms with E-state index in [2.05, 4.69) is 11.3 Å². The van der Waals surface area contributed by atoms with Gasteiger partial charge >= 0.3 is 11.9 Å². The smallest absolute Gasteiger partial charge is 0.330 e. The average Bonchev–Trinajstić information content (AvgIpc) is 2.84. The maximum absolute atomic E-state index is 10.1. The molecule has 1 atom stereocenters. The zero-order chi connectivity index (χ0) is 11.1. The van der Waals surface area contributed by atoms with Crippen LogP contribution in [0, 0.1) is 0 Å². The van der Waals surface area contributed by atoms with Crippen molar-refractivity contribution in [1.82, 2.24) is 0 Å². The third kappa shape index (κ3) is 8.73. The van der Waals surface area contributed by atoms with Crippen molar-refractivity contribution in [1.29, 1.82) is 0 Å². The molecule has 0 bridgehead atoms. The van der Waals surface area contributed by atoms with Crippen molar-refractivity contribution in [3.8, 4) is 0 Å². The Morgan fingerprint density at radius 1 is 1.57 bits per heavy atom. The molecule has 0 aromatic carbocycles. The highest BCUT2D eigenvalue weighted by Gasteiger charge is 2.23. The van der Waals surface area contributed by atoms with Gasteiger partial charge in [-0.05, 0) is 6.92 Å². The summed E-state index contributed by atoms with van der Waals surface area (Å²) < 4.78 is 9.38. The first-order valence-electron chi connectivity index (χ1n) is 4.07. The summed E-state index contributed by atoms with van der Waals surface area (Å²) in [6.45, 7) is 7.16. The number of carbonyl (C=O) groups excluding carboxylic acids is 1. The Balaban J connectivity index is 0.000000255. The number of rotatable bonds is 3. The van der Waals surface area contributed by atoms with Gasteiger partial charge in [0.1, 0.15) is 12.7 Å². The highest BCUT2D eigenvalue weighted by Crippen LogP contribution is 2.07. The summed E-state index contributed by atoms with van der Waals surface area (Å²) >= 11 is 0. The molecule has 0 radical (unpaired) electrons. The average molecular weight is 202 g/mol. The number of aliphatic carboxylic acids is 1. The number of carboxylic acid groups (broad SMARTS) is 1. The molecule has 1 fully saturated rings. The summed E-state index contributed by atoms with van der Waals surface area (Å²) in [5, 5.41) is 7.89. The summed E-state index contributed by atoms with van der Waals surface area (Å²) in [6.07, 6.45) is 0.193. The lowest BCUT2D eigenvalue weighted by Crippen LogP contribution is -2.05. The highest BCUT2D eigenvalue weighted by molar-refractivity contribution is 5.84. The lowest BCUT2D eigenvalue weighted by molar-refractivity contribution is -0.141. The Kier molecular flexibility index (Phi) is 5.55. The molecule has 80 valence electrons. The van der Waals surface area contributed by atoms with Gasteiger partial charge in [0.25, 0.3) is 0 Å². The lowest BCUT2D eigenvalue weighted by atomic mass is 10.4. The van der Waals surface area contributed by atoms with E-state index < -0.39 is 5.97 Å². The lowest BCUT2D eigenvalue weighted by Gasteiger charge is -1.93. The number of hydrogen-bond acceptors (Lipinski definition) is 4. The molecule has 1 aliphatic rings. The quantitative estimate of drug-likeness (QED) is 0.412. The second kappa shape index (κ2) is 6.15. The van der Waals surface area contributed by atoms with Gasteiger partial charge < -0.3 is 14.6 Å². The highest BCUT2D eigenvalue weighted by atomic mass is 16.6. The van der Waals surface area contributed by atoms with E-state index >= 15 is 0 Å². The van der Waals surface area contributed by atoms with Crippen LogP contribution in [-0.4, -0.2) is 36.4 Å². The van der Waals surface area contributed by atoms with Crippen LogP contribution in [0.15, 0.2) is 12.2 Å². The third-order valence-electron chi connectivity index (χ3n) is 1.24. The normalized spacial score (nSPS) is 17.4. The van der Waals surface area contributed by atoms with Crippen LogP contribution >= 0.6 is 0 Å². The minimum absolute atomic E-state index is 0.176. The zero-order valence-electron chi connectivity index (χ0n) is 8.28. The first kappa shape index (κ1) is 12.6. The van der Waals surface area contributed by atoms with Gasteiger partial charge in [-0.25, -0.2) is 4.79 Å². The topological polar surface area (TPSA) is 76.1 Å². The standard InChI is InChI=1S/C5H8O3.C4H6O2/c1-4(6)7-2-5-3-8-5;1-3(2)4(5)6/h5H,2-3H2,1H3;1H2,2H3,(H,5,6). The van der Waals surface area contributed by atoms with E-state index in [4.69, 9.17) is 9.84 Å². The summed E-state index contributed by atoms with van der Waals surface area (Å²) in [5.41, 5.74) is 0.176. The number of epoxide rings is 1. The molecule has 0 saturated carbocycles. The molecule has 1 unspecified atom stereocenters. The van der Waals surface area contributed by atoms with Crippen LogP contribution in [0.25, 0.3) is 0 Å². The van der Waals surface area contributed by atoms with Crippen LogP contribution < -0.4 is 0 Å². The molecule has 1 heterocycles. The first-order chi connectivity index (χ1) is 6.43. The number of hydrogen-bond donors (Lipinski definition) is 1. The Morgan fingerprint density at radius 3 is 2.21 bits per heavy atom. The molecule has 14 heavy (non-hydrogen) atoms. The van der Waals surface area contributed by atoms with E-state index in [0.29, 0.717) is 6.61 Å². The van der Waals surface area contributed by atoms with Crippen LogP contribution in [0.2, 0.25) is 0 Å². The van der Waals surface area contributed by atoms with E-state index in [9.17, 15) is 9.59 Å². The largest absolute Gasteiger partial charge is 0.478 e. The molecule has 1 rings (SSSR count). The predicted octanol–water partition coefficient (Wildman–Crippen LogP) is 0.595. The number of esters is 1. The van der Waals surface area contributed by atoms with E-state index in [0.717, 1.165) is 6.61 Å². The molecule has 0 aliphatic carbocycles. The molecule has 0 spiro atoms. The van der Waals surface area contributed by atoms with Crippen LogP contribution in [0.4, 0.5) is 0 Å². The fourth-order valence-corrected chi connectivity index (χ4v) is 0.375. The van der Waals surface area contributed by atoms with Crippen molar-refractivity contribution in [3.63, 3.8) is 0 Å². The number of carbonyl (C=O) groups is 2. The van der Waals surface area contributed by atoms with Gasteiger partial charge in [0.05, 0.1) is 6.61 Å². The van der Waals surface area contributed by atoms with Gasteiger partial charge in [0.15, 0.2) is 0 Å². The molecule has 5 nitrogen and oxygen atoms in total. The van der Waals surface area contributed by atoms with Gasteiger partial charge in [-0.15, -0.1) is 0 Å². The van der Waals surface area contributed by atoms with Crippen LogP contribution in [-0.2, 0) is 19.1 Å². The summed E-state index contributed by atoms with van der Waals surface area (Å²) in [6, 6.07) is 0. The second-order valence-electron chi connectivity index (χ2n) is 2.84. The molecule has 0 aromatic heterocycles. The number of ether oxygens (including phenoxy) is 2. The second-order valence-corrected chi connectivity index (χ2v) is 2.84. The van der Waals surface area contributed by atoms with Crippen molar-refractivity contribution < 1.29 is 24.2 Å². The molecule has 1 saturated heterocycles. The number of carboxylic acids is 1. The fraction of sp³-hybridized carbons (Fsp3) is 0.556. The van der Waals surface area contributed by atoms with E-state index in [1.165, 1.54) is 13.8 Å². The Labute approximate surface area is 82.3 Å². The van der Waals surface area contributed by atoms with Crippen LogP contribution in [0.3, 0.4) is 0 Å². The van der Waals surface area contributed by atoms with E-state index in [1.807, 2.05) is 0 Å². The Hall–Kier alpha value is -1.36. The van der Waals surface area contributed by atoms with Gasteiger partial charge in [-0.1, -0.05) is 6.58 Å². The molecule has 5 heteroatoms. The predicted molar refractivity (Wildman–Crippen MR) is 48.8 cm³/mol. The van der Waals surface area contributed by atoms with Crippen molar-refractivity contribution in [2.24, 2.45) is 0 Å². The maximum Gasteiger partial charge on any atom is 0.330 e. The Morgan fingerprint density at radius 2 is 2.00 bits per heavy atom. The maximum atomic E-state index is 10.1. The third-order valence-corrected chi connectivity index (χ3v) is 1.24. The summed E-state index contributed by atoms with van der Waals surface area (Å²) in [7, 11) is 0. The van der Waals surface area contributed by atoms with Crippen LogP contribution in [0.1, 0.15) is 13.8 Å². The van der Waals surface area contributed by atoms with Crippen molar-refractivity contribution in [2.75, 3.05) is 13.2 Å². The Bertz CT molecular complexity index is 217. The van der Waals surface area contributed by atoms with Crippen molar-refractivity contribution in [3.05, 3.63) is 12.2 Å². The first-order valence-corrected chi connectivity index (χ1v) is 4.07. The van der Waals surface area contributed by atoms with Gasteiger partial charge in [0.2, 0.25) is 0 Å². The van der Waals surface area contributed by atoms with Crippen molar-refractivity contribution >= 4 is 11.9 Å². The minimum Gasteiger partial charge on any atom is -0.478 e. The van der Waals surface area contributed by atoms with Crippen LogP contribution in [0.5, 0.6) is 0 Å². The molecular formula is C9H14O5. The molecular weight excluding hydrogens is 188 g/mol. The van der Waals surface area contributed by atoms with Gasteiger partial charge in [0, 0.05) is 12.5 Å². The van der Waals surface area contributed by atoms with Gasteiger partial charge in [-0.3, -0.25) is 4.79 Å². The molecule has 0 aromatic rings. The van der Waals surface area contributed by atoms with E-state index in [-0.39, 0.29) is 17.6 Å². The summed E-state index contributed by atoms with van der Waals surface area (Å²) in [5.74, 6) is -1.17. The summed E-state index contributed by atoms with van der Waals surface area (Å²) in [4.78, 5) is 19.7.